The van der Waals surface area contributed by atoms with Crippen LogP contribution in [0, 0.1) is 0 Å². The van der Waals surface area contributed by atoms with E-state index in [9.17, 15) is 13.2 Å². The van der Waals surface area contributed by atoms with Gasteiger partial charge in [0.05, 0.1) is 27.9 Å². The molecule has 13 heteroatoms. The standard InChI is InChI=1S/C18H19ClN6O3S3/c19-15-6-5-14(31(27,28)24-7-1-2-8-24)10-16(15)20-17(26)12-30-18-21-22-23-25(18)11-13-4-3-9-29-13/h3-6,9-10H,1-2,7-8,11-12H2,(H,20,26). The van der Waals surface area contributed by atoms with Gasteiger partial charge in [-0.3, -0.25) is 4.79 Å². The number of thiophene rings is 1. The SMILES string of the molecule is O=C(CSc1nnnn1Cc1cccs1)Nc1cc(S(=O)(=O)N2CCCC2)ccc1Cl. The van der Waals surface area contributed by atoms with Gasteiger partial charge in [0.15, 0.2) is 0 Å². The predicted octanol–water partition coefficient (Wildman–Crippen LogP) is 2.95. The van der Waals surface area contributed by atoms with Crippen LogP contribution in [0.15, 0.2) is 45.8 Å². The number of tetrazole rings is 1. The van der Waals surface area contributed by atoms with E-state index in [0.717, 1.165) is 17.7 Å². The molecule has 0 saturated carbocycles. The first-order valence-corrected chi connectivity index (χ1v) is 13.1. The summed E-state index contributed by atoms with van der Waals surface area (Å²) in [5.74, 6) is -0.294. The summed E-state index contributed by atoms with van der Waals surface area (Å²) in [5.41, 5.74) is 0.255. The molecule has 2 aromatic heterocycles. The number of nitrogens with one attached hydrogen (secondary N) is 1. The van der Waals surface area contributed by atoms with E-state index in [0.29, 0.717) is 24.8 Å². The van der Waals surface area contributed by atoms with Gasteiger partial charge >= 0.3 is 0 Å². The van der Waals surface area contributed by atoms with Crippen LogP contribution in [-0.2, 0) is 21.4 Å². The fraction of sp³-hybridized carbons (Fsp3) is 0.333. The minimum Gasteiger partial charge on any atom is -0.324 e. The van der Waals surface area contributed by atoms with Crippen molar-refractivity contribution in [3.8, 4) is 0 Å². The number of sulfonamides is 1. The number of aromatic nitrogens is 4. The molecule has 9 nitrogen and oxygen atoms in total. The van der Waals surface area contributed by atoms with E-state index in [1.807, 2.05) is 17.5 Å². The van der Waals surface area contributed by atoms with Crippen LogP contribution in [0.25, 0.3) is 0 Å². The van der Waals surface area contributed by atoms with Crippen LogP contribution in [0.1, 0.15) is 17.7 Å². The zero-order chi connectivity index (χ0) is 21.8. The molecular formula is C18H19ClN6O3S3. The highest BCUT2D eigenvalue weighted by molar-refractivity contribution is 7.99. The molecule has 1 aliphatic heterocycles. The van der Waals surface area contributed by atoms with Crippen LogP contribution < -0.4 is 5.32 Å². The van der Waals surface area contributed by atoms with Gasteiger partial charge in [0.25, 0.3) is 0 Å². The van der Waals surface area contributed by atoms with Crippen LogP contribution in [0.2, 0.25) is 5.02 Å². The minimum absolute atomic E-state index is 0.0459. The van der Waals surface area contributed by atoms with Gasteiger partial charge in [-0.2, -0.15) is 4.31 Å². The molecule has 0 aliphatic carbocycles. The second-order valence-corrected chi connectivity index (χ2v) is 11.1. The second-order valence-electron chi connectivity index (χ2n) is 6.79. The molecule has 0 spiro atoms. The first-order chi connectivity index (χ1) is 14.9. The number of amides is 1. The van der Waals surface area contributed by atoms with Crippen molar-refractivity contribution in [1.29, 1.82) is 0 Å². The average molecular weight is 499 g/mol. The Bertz CT molecular complexity index is 1160. The molecule has 1 fully saturated rings. The Morgan fingerprint density at radius 2 is 2.06 bits per heavy atom. The third-order valence-electron chi connectivity index (χ3n) is 4.63. The molecule has 1 aromatic carbocycles. The maximum Gasteiger partial charge on any atom is 0.243 e. The number of carbonyl (C=O) groups excluding carboxylic acids is 1. The summed E-state index contributed by atoms with van der Waals surface area (Å²) in [6, 6.07) is 8.28. The molecule has 0 bridgehead atoms. The van der Waals surface area contributed by atoms with Crippen molar-refractivity contribution in [1.82, 2.24) is 24.5 Å². The van der Waals surface area contributed by atoms with Crippen LogP contribution in [-0.4, -0.2) is 57.7 Å². The smallest absolute Gasteiger partial charge is 0.243 e. The first kappa shape index (κ1) is 22.2. The number of thioether (sulfide) groups is 1. The van der Waals surface area contributed by atoms with Gasteiger partial charge in [-0.15, -0.1) is 16.4 Å². The van der Waals surface area contributed by atoms with E-state index in [-0.39, 0.29) is 27.3 Å². The van der Waals surface area contributed by atoms with Crippen LogP contribution in [0.3, 0.4) is 0 Å². The van der Waals surface area contributed by atoms with Gasteiger partial charge in [0, 0.05) is 18.0 Å². The van der Waals surface area contributed by atoms with Crippen LogP contribution in [0.4, 0.5) is 5.69 Å². The molecule has 3 heterocycles. The Morgan fingerprint density at radius 1 is 1.26 bits per heavy atom. The highest BCUT2D eigenvalue weighted by Gasteiger charge is 2.27. The number of hydrogen-bond donors (Lipinski definition) is 1. The Balaban J connectivity index is 1.41. The van der Waals surface area contributed by atoms with E-state index in [1.54, 1.807) is 16.0 Å². The average Bonchev–Trinajstić information content (AvgIpc) is 3.52. The Hall–Kier alpha value is -1.99. The first-order valence-electron chi connectivity index (χ1n) is 9.44. The van der Waals surface area contributed by atoms with Crippen molar-refractivity contribution < 1.29 is 13.2 Å². The molecule has 1 N–H and O–H groups in total. The molecular weight excluding hydrogens is 480 g/mol. The lowest BCUT2D eigenvalue weighted by Gasteiger charge is -2.16. The van der Waals surface area contributed by atoms with Crippen molar-refractivity contribution in [3.63, 3.8) is 0 Å². The van der Waals surface area contributed by atoms with Gasteiger partial charge in [-0.05, 0) is 52.9 Å². The number of hydrogen-bond acceptors (Lipinski definition) is 8. The third-order valence-corrected chi connectivity index (χ3v) is 8.67. The molecule has 31 heavy (non-hydrogen) atoms. The Morgan fingerprint density at radius 3 is 2.81 bits per heavy atom. The summed E-state index contributed by atoms with van der Waals surface area (Å²) in [5, 5.41) is 17.0. The monoisotopic (exact) mass is 498 g/mol. The molecule has 0 unspecified atom stereocenters. The molecule has 1 amide bonds. The highest BCUT2D eigenvalue weighted by atomic mass is 35.5. The van der Waals surface area contributed by atoms with E-state index >= 15 is 0 Å². The normalized spacial score (nSPS) is 14.7. The van der Waals surface area contributed by atoms with Crippen molar-refractivity contribution in [2.24, 2.45) is 0 Å². The molecule has 1 saturated heterocycles. The second kappa shape index (κ2) is 9.65. The van der Waals surface area contributed by atoms with Crippen molar-refractivity contribution in [2.45, 2.75) is 29.4 Å². The maximum atomic E-state index is 12.8. The molecule has 0 radical (unpaired) electrons. The molecule has 0 atom stereocenters. The number of halogens is 1. The Labute approximate surface area is 192 Å². The van der Waals surface area contributed by atoms with Crippen molar-refractivity contribution in [3.05, 3.63) is 45.6 Å². The highest BCUT2D eigenvalue weighted by Crippen LogP contribution is 2.29. The van der Waals surface area contributed by atoms with Gasteiger partial charge in [-0.25, -0.2) is 13.1 Å². The number of nitrogens with zero attached hydrogens (tertiary/aromatic N) is 5. The summed E-state index contributed by atoms with van der Waals surface area (Å²) >= 11 is 8.98. The largest absolute Gasteiger partial charge is 0.324 e. The quantitative estimate of drug-likeness (QED) is 0.475. The van der Waals surface area contributed by atoms with Gasteiger partial charge in [-0.1, -0.05) is 29.4 Å². The van der Waals surface area contributed by atoms with Crippen molar-refractivity contribution in [2.75, 3.05) is 24.2 Å². The van der Waals surface area contributed by atoms with E-state index in [2.05, 4.69) is 20.8 Å². The summed E-state index contributed by atoms with van der Waals surface area (Å²) in [4.78, 5) is 13.7. The Kier molecular flexibility index (Phi) is 6.92. The topological polar surface area (TPSA) is 110 Å². The number of anilines is 1. The van der Waals surface area contributed by atoms with Crippen LogP contribution >= 0.6 is 34.7 Å². The molecule has 3 aromatic rings. The van der Waals surface area contributed by atoms with E-state index in [4.69, 9.17) is 11.6 Å². The van der Waals surface area contributed by atoms with Gasteiger partial charge in [0.1, 0.15) is 0 Å². The lowest BCUT2D eigenvalue weighted by Crippen LogP contribution is -2.28. The zero-order valence-electron chi connectivity index (χ0n) is 16.3. The number of rotatable bonds is 8. The summed E-state index contributed by atoms with van der Waals surface area (Å²) < 4.78 is 28.6. The zero-order valence-corrected chi connectivity index (χ0v) is 19.5. The molecule has 164 valence electrons. The molecule has 1 aliphatic rings. The lowest BCUT2D eigenvalue weighted by atomic mass is 10.3. The number of benzene rings is 1. The summed E-state index contributed by atoms with van der Waals surface area (Å²) in [6.45, 7) is 1.53. The van der Waals surface area contributed by atoms with E-state index in [1.165, 1.54) is 34.3 Å². The fourth-order valence-electron chi connectivity index (χ4n) is 3.10. The van der Waals surface area contributed by atoms with Crippen molar-refractivity contribution >= 4 is 56.3 Å². The fourth-order valence-corrected chi connectivity index (χ4v) is 6.17. The lowest BCUT2D eigenvalue weighted by molar-refractivity contribution is -0.113. The predicted molar refractivity (Wildman–Crippen MR) is 120 cm³/mol. The molecule has 4 rings (SSSR count). The summed E-state index contributed by atoms with van der Waals surface area (Å²) in [7, 11) is -3.60. The van der Waals surface area contributed by atoms with Gasteiger partial charge in [0.2, 0.25) is 21.1 Å². The van der Waals surface area contributed by atoms with Gasteiger partial charge < -0.3 is 5.32 Å². The minimum atomic E-state index is -3.60. The summed E-state index contributed by atoms with van der Waals surface area (Å²) in [6.07, 6.45) is 1.69. The third kappa shape index (κ3) is 5.26. The van der Waals surface area contributed by atoms with Crippen LogP contribution in [0.5, 0.6) is 0 Å². The van der Waals surface area contributed by atoms with E-state index < -0.39 is 10.0 Å². The number of carbonyl (C=O) groups is 1. The maximum absolute atomic E-state index is 12.8.